The first kappa shape index (κ1) is 32.2. The van der Waals surface area contributed by atoms with Crippen LogP contribution in [0.25, 0.3) is 0 Å². The van der Waals surface area contributed by atoms with Crippen LogP contribution >= 0.6 is 42.3 Å². The van der Waals surface area contributed by atoms with Crippen LogP contribution in [0.2, 0.25) is 0 Å². The molecular formula is C30H23Cl2IO8S2. The molecule has 0 spiro atoms. The van der Waals surface area contributed by atoms with Crippen molar-refractivity contribution in [2.75, 3.05) is 0 Å². The van der Waals surface area contributed by atoms with Gasteiger partial charge in [-0.3, -0.25) is 0 Å². The Hall–Kier alpha value is -2.21. The summed E-state index contributed by atoms with van der Waals surface area (Å²) in [4.78, 5) is 3.27. The van der Waals surface area contributed by atoms with Crippen molar-refractivity contribution < 1.29 is 54.8 Å². The zero-order valence-electron chi connectivity index (χ0n) is 22.0. The van der Waals surface area contributed by atoms with E-state index < -0.39 is 51.0 Å². The fourth-order valence-electron chi connectivity index (χ4n) is 4.10. The van der Waals surface area contributed by atoms with Gasteiger partial charge in [-0.25, -0.2) is 0 Å². The molecule has 0 aliphatic heterocycles. The van der Waals surface area contributed by atoms with E-state index in [1.165, 1.54) is 11.8 Å². The molecule has 5 aromatic carbocycles. The average molecular weight is 773 g/mol. The van der Waals surface area contributed by atoms with Gasteiger partial charge in [0.2, 0.25) is 0 Å². The minimum absolute atomic E-state index is 0.518. The molecule has 224 valence electrons. The van der Waals surface area contributed by atoms with Gasteiger partial charge < -0.3 is 0 Å². The van der Waals surface area contributed by atoms with Gasteiger partial charge >= 0.3 is 218 Å². The molecule has 0 bridgehead atoms. The number of rotatable bonds is 11. The molecule has 0 heterocycles. The van der Waals surface area contributed by atoms with Gasteiger partial charge in [-0.15, -0.1) is 0 Å². The molecule has 5 aromatic rings. The summed E-state index contributed by atoms with van der Waals surface area (Å²) >= 11 is -1.59. The predicted molar refractivity (Wildman–Crippen MR) is 152 cm³/mol. The number of benzene rings is 5. The van der Waals surface area contributed by atoms with Crippen molar-refractivity contribution in [2.45, 2.75) is 24.5 Å². The summed E-state index contributed by atoms with van der Waals surface area (Å²) in [6.07, 6.45) is 0. The summed E-state index contributed by atoms with van der Waals surface area (Å²) in [6.45, 7) is 0. The Balaban J connectivity index is 1.45. The van der Waals surface area contributed by atoms with Crippen LogP contribution in [0.4, 0.5) is 0 Å². The summed E-state index contributed by atoms with van der Waals surface area (Å²) in [5.41, 5.74) is 0. The Morgan fingerprint density at radius 2 is 0.860 bits per heavy atom. The molecule has 0 aromatic heterocycles. The monoisotopic (exact) mass is 772 g/mol. The topological polar surface area (TPSA) is 157 Å². The van der Waals surface area contributed by atoms with E-state index in [1.807, 2.05) is 24.3 Å². The van der Waals surface area contributed by atoms with Crippen LogP contribution in [0.5, 0.6) is 0 Å². The molecular weight excluding hydrogens is 750 g/mol. The van der Waals surface area contributed by atoms with Gasteiger partial charge in [0.05, 0.1) is 0 Å². The third-order valence-corrected chi connectivity index (χ3v) is 17.2. The number of hydrogen-bond donors (Lipinski definition) is 0. The van der Waals surface area contributed by atoms with Gasteiger partial charge in [-0.1, -0.05) is 36.4 Å². The van der Waals surface area contributed by atoms with Gasteiger partial charge in [0.15, 0.2) is 0 Å². The molecule has 0 saturated carbocycles. The van der Waals surface area contributed by atoms with E-state index in [-0.39, 0.29) is 0 Å². The Bertz CT molecular complexity index is 1570. The molecule has 0 N–H and O–H groups in total. The molecule has 0 aliphatic carbocycles. The molecule has 8 nitrogen and oxygen atoms in total. The quantitative estimate of drug-likeness (QED) is 0.184. The summed E-state index contributed by atoms with van der Waals surface area (Å²) in [6, 6.07) is 40.6. The van der Waals surface area contributed by atoms with Crippen LogP contribution in [-0.4, -0.2) is 0 Å². The molecule has 0 atom stereocenters. The van der Waals surface area contributed by atoms with E-state index in [1.54, 1.807) is 115 Å². The zero-order valence-corrected chi connectivity index (χ0v) is 27.3. The van der Waals surface area contributed by atoms with E-state index >= 15 is 0 Å². The summed E-state index contributed by atoms with van der Waals surface area (Å²) in [5, 5.41) is 0. The molecule has 0 unspecified atom stereocenters. The predicted octanol–water partition coefficient (Wildman–Crippen LogP) is 2.32. The molecule has 0 saturated heterocycles. The Kier molecular flexibility index (Phi) is 10.4. The van der Waals surface area contributed by atoms with Crippen LogP contribution in [0.1, 0.15) is 0 Å². The van der Waals surface area contributed by atoms with Crippen molar-refractivity contribution in [3.05, 3.63) is 147 Å². The normalized spacial score (nSPS) is 13.0. The van der Waals surface area contributed by atoms with Crippen molar-refractivity contribution >= 4 is 42.3 Å². The Labute approximate surface area is 266 Å². The molecule has 0 amide bonds. The van der Waals surface area contributed by atoms with Crippen molar-refractivity contribution in [1.82, 2.24) is 0 Å². The van der Waals surface area contributed by atoms with Gasteiger partial charge in [0, 0.05) is 0 Å². The fourth-order valence-corrected chi connectivity index (χ4v) is 14.6. The second-order valence-electron chi connectivity index (χ2n) is 8.63. The Morgan fingerprint density at radius 1 is 0.465 bits per heavy atom. The second-order valence-corrected chi connectivity index (χ2v) is 19.3. The van der Waals surface area contributed by atoms with Crippen molar-refractivity contribution in [3.8, 4) is 0 Å². The minimum atomic E-state index is -4.79. The van der Waals surface area contributed by atoms with Crippen LogP contribution in [0.15, 0.2) is 164 Å². The molecule has 0 fully saturated rings. The van der Waals surface area contributed by atoms with Crippen LogP contribution in [-0.2, 0) is 6.35 Å². The van der Waals surface area contributed by atoms with Crippen molar-refractivity contribution in [2.24, 2.45) is 0 Å². The first-order valence-electron chi connectivity index (χ1n) is 12.3. The Morgan fingerprint density at radius 3 is 1.30 bits per heavy atom. The SMILES string of the molecule is [O-][Cl+3]([O-])([O-])OI(c1ccccc1)c1ccc(Sc2ccc(S(O[Cl+3]([O-])([O-])[O-])(c3ccccc3)c3ccccc3)cc2)cc1. The van der Waals surface area contributed by atoms with Crippen molar-refractivity contribution in [3.63, 3.8) is 0 Å². The third-order valence-electron chi connectivity index (χ3n) is 5.79. The first-order chi connectivity index (χ1) is 20.5. The van der Waals surface area contributed by atoms with Crippen molar-refractivity contribution in [1.29, 1.82) is 0 Å². The molecule has 5 rings (SSSR count). The van der Waals surface area contributed by atoms with Crippen LogP contribution < -0.4 is 28.0 Å². The van der Waals surface area contributed by atoms with Gasteiger partial charge in [-0.05, 0) is 0 Å². The van der Waals surface area contributed by atoms with Gasteiger partial charge in [0.1, 0.15) is 0 Å². The standard InChI is InChI=1S/C30H23Cl2IO8S2/c34-31(35,36)40-33(24-10-4-1-5-11-24)25-16-18-26(19-17-25)42-27-20-22-30(23-21-27)43(41-32(37,38)39,28-12-6-2-7-13-28)29-14-8-3-9-15-29/h1-23H. The molecule has 0 radical (unpaired) electrons. The van der Waals surface area contributed by atoms with E-state index in [4.69, 9.17) is 6.35 Å². The number of halogens is 3. The van der Waals surface area contributed by atoms with Gasteiger partial charge in [0.25, 0.3) is 0 Å². The maximum atomic E-state index is 12.1. The van der Waals surface area contributed by atoms with E-state index in [0.29, 0.717) is 21.8 Å². The van der Waals surface area contributed by atoms with Gasteiger partial charge in [-0.2, -0.15) is 14.0 Å². The summed E-state index contributed by atoms with van der Waals surface area (Å²) in [5.74, 6) is 0. The number of hydrogen-bond acceptors (Lipinski definition) is 9. The molecule has 0 aliphatic rings. The summed E-state index contributed by atoms with van der Waals surface area (Å²) < 4.78 is 82.2. The summed E-state index contributed by atoms with van der Waals surface area (Å²) in [7, 11) is -12.3. The van der Waals surface area contributed by atoms with E-state index in [0.717, 1.165) is 9.79 Å². The zero-order chi connectivity index (χ0) is 30.5. The van der Waals surface area contributed by atoms with E-state index in [2.05, 4.69) is 0 Å². The fraction of sp³-hybridized carbons (Fsp3) is 0. The molecule has 13 heteroatoms. The average Bonchev–Trinajstić information content (AvgIpc) is 3.00. The van der Waals surface area contributed by atoms with Crippen LogP contribution in [0.3, 0.4) is 0 Å². The first-order valence-corrected chi connectivity index (χ1v) is 20.2. The van der Waals surface area contributed by atoms with Crippen LogP contribution in [0, 0.1) is 27.6 Å². The third kappa shape index (κ3) is 8.29. The molecule has 43 heavy (non-hydrogen) atoms. The maximum absolute atomic E-state index is 12.1. The van der Waals surface area contributed by atoms with E-state index in [9.17, 15) is 28.0 Å². The second kappa shape index (κ2) is 13.8.